The van der Waals surface area contributed by atoms with Crippen molar-refractivity contribution in [3.63, 3.8) is 0 Å². The van der Waals surface area contributed by atoms with Gasteiger partial charge in [-0.3, -0.25) is 9.80 Å². The molecule has 3 nitrogen and oxygen atoms in total. The molecule has 2 aliphatic heterocycles. The van der Waals surface area contributed by atoms with E-state index in [4.69, 9.17) is 16.3 Å². The monoisotopic (exact) mass is 574 g/mol. The molecule has 0 atom stereocenters. The molecule has 206 valence electrons. The van der Waals surface area contributed by atoms with Crippen molar-refractivity contribution in [1.29, 1.82) is 0 Å². The Morgan fingerprint density at radius 3 is 2.37 bits per heavy atom. The quantitative estimate of drug-likeness (QED) is 0.270. The van der Waals surface area contributed by atoms with Crippen molar-refractivity contribution >= 4 is 36.4 Å². The summed E-state index contributed by atoms with van der Waals surface area (Å²) in [5.74, 6) is 1.79. The second-order valence-corrected chi connectivity index (χ2v) is 11.1. The highest BCUT2D eigenvalue weighted by atomic mass is 35.5. The molecule has 3 aromatic rings. The van der Waals surface area contributed by atoms with Gasteiger partial charge in [0.25, 0.3) is 0 Å². The van der Waals surface area contributed by atoms with Gasteiger partial charge in [0.2, 0.25) is 0 Å². The maximum absolute atomic E-state index is 6.28. The number of halogens is 3. The number of piperidine rings is 1. The number of hydrogen-bond acceptors (Lipinski definition) is 3. The normalized spacial score (nSPS) is 16.6. The van der Waals surface area contributed by atoms with E-state index in [0.717, 1.165) is 62.3 Å². The zero-order valence-electron chi connectivity index (χ0n) is 22.4. The van der Waals surface area contributed by atoms with Gasteiger partial charge in [-0.25, -0.2) is 0 Å². The molecule has 6 heteroatoms. The number of ether oxygens (including phenoxy) is 1. The van der Waals surface area contributed by atoms with Crippen LogP contribution in [-0.2, 0) is 26.1 Å². The van der Waals surface area contributed by atoms with Crippen LogP contribution in [-0.4, -0.2) is 36.0 Å². The Morgan fingerprint density at radius 2 is 1.61 bits per heavy atom. The van der Waals surface area contributed by atoms with E-state index in [-0.39, 0.29) is 24.8 Å². The lowest BCUT2D eigenvalue weighted by atomic mass is 9.93. The fraction of sp³-hybridized carbons (Fsp3) is 0.438. The molecule has 0 unspecified atom stereocenters. The van der Waals surface area contributed by atoms with Crippen molar-refractivity contribution in [2.24, 2.45) is 5.92 Å². The van der Waals surface area contributed by atoms with Crippen molar-refractivity contribution in [1.82, 2.24) is 9.80 Å². The third-order valence-electron chi connectivity index (χ3n) is 7.97. The standard InChI is InChI=1S/C32H39ClN2O.2ClH/c1-25-5-2-3-6-29(25)23-35-17-4-7-28-10-13-32(21-30(28)24-35)36-20-16-26-14-18-34(19-15-26)22-27-8-11-31(33)12-9-27;;/h2-3,5-6,8-13,21,26H,4,7,14-20,22-24H2,1H3;2*1H. The molecule has 0 aliphatic carbocycles. The van der Waals surface area contributed by atoms with E-state index in [2.05, 4.69) is 71.3 Å². The van der Waals surface area contributed by atoms with E-state index in [1.807, 2.05) is 12.1 Å². The molecule has 0 amide bonds. The zero-order valence-corrected chi connectivity index (χ0v) is 24.8. The third-order valence-corrected chi connectivity index (χ3v) is 8.22. The number of hydrogen-bond donors (Lipinski definition) is 0. The fourth-order valence-electron chi connectivity index (χ4n) is 5.68. The first-order chi connectivity index (χ1) is 17.6. The van der Waals surface area contributed by atoms with Crippen molar-refractivity contribution in [3.8, 4) is 5.75 Å². The lowest BCUT2D eigenvalue weighted by Gasteiger charge is -2.32. The lowest BCUT2D eigenvalue weighted by molar-refractivity contribution is 0.157. The van der Waals surface area contributed by atoms with Gasteiger partial charge in [-0.2, -0.15) is 0 Å². The van der Waals surface area contributed by atoms with E-state index in [1.165, 1.54) is 60.2 Å². The van der Waals surface area contributed by atoms with Gasteiger partial charge in [0.05, 0.1) is 6.61 Å². The largest absolute Gasteiger partial charge is 0.494 e. The van der Waals surface area contributed by atoms with Crippen LogP contribution < -0.4 is 4.74 Å². The SMILES string of the molecule is Cc1ccccc1CN1CCCc2ccc(OCCC3CCN(Cc4ccc(Cl)cc4)CC3)cc2C1.Cl.Cl. The van der Waals surface area contributed by atoms with Crippen LogP contribution in [0.25, 0.3) is 0 Å². The molecule has 5 rings (SSSR count). The Bertz CT molecular complexity index is 1130. The minimum Gasteiger partial charge on any atom is -0.494 e. The average molecular weight is 576 g/mol. The van der Waals surface area contributed by atoms with E-state index >= 15 is 0 Å². The highest BCUT2D eigenvalue weighted by Gasteiger charge is 2.20. The predicted molar refractivity (Wildman–Crippen MR) is 164 cm³/mol. The minimum atomic E-state index is 0. The van der Waals surface area contributed by atoms with Crippen molar-refractivity contribution in [2.75, 3.05) is 26.2 Å². The van der Waals surface area contributed by atoms with E-state index < -0.39 is 0 Å². The molecule has 0 bridgehead atoms. The van der Waals surface area contributed by atoms with Gasteiger partial charge in [0.15, 0.2) is 0 Å². The van der Waals surface area contributed by atoms with Crippen molar-refractivity contribution in [2.45, 2.75) is 58.7 Å². The smallest absolute Gasteiger partial charge is 0.119 e. The molecular formula is C32H41Cl3N2O. The van der Waals surface area contributed by atoms with Gasteiger partial charge in [-0.1, -0.05) is 54.1 Å². The summed E-state index contributed by atoms with van der Waals surface area (Å²) in [6.45, 7) is 9.57. The van der Waals surface area contributed by atoms with Crippen LogP contribution in [0, 0.1) is 12.8 Å². The summed E-state index contributed by atoms with van der Waals surface area (Å²) in [4.78, 5) is 5.16. The second-order valence-electron chi connectivity index (χ2n) is 10.7. The van der Waals surface area contributed by atoms with Crippen LogP contribution in [0.4, 0.5) is 0 Å². The molecule has 2 heterocycles. The van der Waals surface area contributed by atoms with Crippen LogP contribution in [0.1, 0.15) is 53.5 Å². The maximum Gasteiger partial charge on any atom is 0.119 e. The van der Waals surface area contributed by atoms with Crippen LogP contribution >= 0.6 is 36.4 Å². The maximum atomic E-state index is 6.28. The van der Waals surface area contributed by atoms with Crippen molar-refractivity contribution < 1.29 is 4.74 Å². The summed E-state index contributed by atoms with van der Waals surface area (Å²) < 4.78 is 6.28. The van der Waals surface area contributed by atoms with Gasteiger partial charge in [-0.15, -0.1) is 24.8 Å². The summed E-state index contributed by atoms with van der Waals surface area (Å²) in [5, 5.41) is 0.812. The highest BCUT2D eigenvalue weighted by molar-refractivity contribution is 6.30. The number of nitrogens with zero attached hydrogens (tertiary/aromatic N) is 2. The fourth-order valence-corrected chi connectivity index (χ4v) is 5.81. The molecule has 0 N–H and O–H groups in total. The Hall–Kier alpha value is -1.75. The number of fused-ring (bicyclic) bond motifs is 1. The summed E-state index contributed by atoms with van der Waals surface area (Å²) in [5.41, 5.74) is 7.10. The molecule has 0 aromatic heterocycles. The molecule has 0 radical (unpaired) electrons. The molecule has 3 aromatic carbocycles. The predicted octanol–water partition coefficient (Wildman–Crippen LogP) is 8.12. The summed E-state index contributed by atoms with van der Waals surface area (Å²) in [7, 11) is 0. The molecule has 1 saturated heterocycles. The summed E-state index contributed by atoms with van der Waals surface area (Å²) >= 11 is 6.02. The molecule has 2 aliphatic rings. The molecule has 1 fully saturated rings. The van der Waals surface area contributed by atoms with E-state index in [0.29, 0.717) is 0 Å². The topological polar surface area (TPSA) is 15.7 Å². The Kier molecular flexibility index (Phi) is 12.3. The summed E-state index contributed by atoms with van der Waals surface area (Å²) in [6.07, 6.45) is 6.04. The average Bonchev–Trinajstić information content (AvgIpc) is 3.09. The Balaban J connectivity index is 0.00000200. The van der Waals surface area contributed by atoms with Gasteiger partial charge in [0, 0.05) is 24.7 Å². The van der Waals surface area contributed by atoms with Crippen molar-refractivity contribution in [3.05, 3.63) is 99.6 Å². The Morgan fingerprint density at radius 1 is 0.842 bits per heavy atom. The number of benzene rings is 3. The molecular weight excluding hydrogens is 535 g/mol. The van der Waals surface area contributed by atoms with Crippen LogP contribution in [0.5, 0.6) is 5.75 Å². The van der Waals surface area contributed by atoms with Crippen LogP contribution in [0.15, 0.2) is 66.7 Å². The Labute approximate surface area is 246 Å². The number of aryl methyl sites for hydroxylation is 2. The minimum absolute atomic E-state index is 0. The molecule has 38 heavy (non-hydrogen) atoms. The van der Waals surface area contributed by atoms with Crippen LogP contribution in [0.3, 0.4) is 0 Å². The van der Waals surface area contributed by atoms with E-state index in [1.54, 1.807) is 0 Å². The van der Waals surface area contributed by atoms with Gasteiger partial charge >= 0.3 is 0 Å². The van der Waals surface area contributed by atoms with Gasteiger partial charge in [0.1, 0.15) is 5.75 Å². The lowest BCUT2D eigenvalue weighted by Crippen LogP contribution is -2.33. The highest BCUT2D eigenvalue weighted by Crippen LogP contribution is 2.27. The first-order valence-electron chi connectivity index (χ1n) is 13.6. The summed E-state index contributed by atoms with van der Waals surface area (Å²) in [6, 6.07) is 23.8. The zero-order chi connectivity index (χ0) is 24.7. The van der Waals surface area contributed by atoms with Gasteiger partial charge < -0.3 is 4.74 Å². The molecule has 0 spiro atoms. The van der Waals surface area contributed by atoms with E-state index in [9.17, 15) is 0 Å². The first kappa shape index (κ1) is 30.8. The molecule has 0 saturated carbocycles. The van der Waals surface area contributed by atoms with Gasteiger partial charge in [-0.05, 0) is 117 Å². The second kappa shape index (κ2) is 15.1. The number of likely N-dealkylation sites (tertiary alicyclic amines) is 1. The number of rotatable bonds is 8. The van der Waals surface area contributed by atoms with Crippen LogP contribution in [0.2, 0.25) is 5.02 Å². The third kappa shape index (κ3) is 8.63. The first-order valence-corrected chi connectivity index (χ1v) is 14.0.